The third-order valence-electron chi connectivity index (χ3n) is 7.03. The van der Waals surface area contributed by atoms with Crippen LogP contribution in [0, 0.1) is 11.8 Å². The van der Waals surface area contributed by atoms with Crippen molar-refractivity contribution in [3.05, 3.63) is 0 Å². The van der Waals surface area contributed by atoms with Crippen molar-refractivity contribution in [3.63, 3.8) is 0 Å². The number of carbonyl (C=O) groups excluding carboxylic acids is 1. The van der Waals surface area contributed by atoms with E-state index in [1.165, 1.54) is 122 Å². The number of ether oxygens (including phenoxy) is 1. The van der Waals surface area contributed by atoms with Crippen LogP contribution >= 0.6 is 0 Å². The second kappa shape index (κ2) is 25.1. The zero-order chi connectivity index (χ0) is 23.7. The van der Waals surface area contributed by atoms with Gasteiger partial charge in [-0.3, -0.25) is 4.79 Å². The molecule has 0 saturated carbocycles. The van der Waals surface area contributed by atoms with Gasteiger partial charge in [0.25, 0.3) is 0 Å². The summed E-state index contributed by atoms with van der Waals surface area (Å²) in [6, 6.07) is 0. The van der Waals surface area contributed by atoms with E-state index < -0.39 is 0 Å². The van der Waals surface area contributed by atoms with Crippen molar-refractivity contribution < 1.29 is 9.53 Å². The molecule has 2 atom stereocenters. The van der Waals surface area contributed by atoms with Crippen molar-refractivity contribution in [2.75, 3.05) is 6.61 Å². The Labute approximate surface area is 203 Å². The molecule has 0 aromatic heterocycles. The first-order valence-corrected chi connectivity index (χ1v) is 14.8. The average molecular weight is 453 g/mol. The monoisotopic (exact) mass is 452 g/mol. The van der Waals surface area contributed by atoms with E-state index in [1.807, 2.05) is 6.92 Å². The lowest BCUT2D eigenvalue weighted by atomic mass is 9.94. The number of esters is 1. The predicted molar refractivity (Wildman–Crippen MR) is 142 cm³/mol. The molecule has 0 saturated heterocycles. The summed E-state index contributed by atoms with van der Waals surface area (Å²) >= 11 is 0. The molecule has 0 fully saturated rings. The number of unbranched alkanes of at least 4 members (excludes halogenated alkanes) is 16. The molecule has 0 radical (unpaired) electrons. The van der Waals surface area contributed by atoms with E-state index in [-0.39, 0.29) is 11.9 Å². The van der Waals surface area contributed by atoms with E-state index in [4.69, 9.17) is 4.74 Å². The second-order valence-electron chi connectivity index (χ2n) is 10.6. The van der Waals surface area contributed by atoms with Crippen LogP contribution in [0.1, 0.15) is 169 Å². The zero-order valence-electron chi connectivity index (χ0n) is 22.7. The van der Waals surface area contributed by atoms with Gasteiger partial charge >= 0.3 is 5.97 Å². The van der Waals surface area contributed by atoms with Crippen LogP contribution < -0.4 is 0 Å². The van der Waals surface area contributed by atoms with Gasteiger partial charge < -0.3 is 4.74 Å². The summed E-state index contributed by atoms with van der Waals surface area (Å²) < 4.78 is 5.52. The average Bonchev–Trinajstić information content (AvgIpc) is 2.79. The lowest BCUT2D eigenvalue weighted by Gasteiger charge is -2.14. The first-order chi connectivity index (χ1) is 15.6. The first-order valence-electron chi connectivity index (χ1n) is 14.8. The molecule has 0 aliphatic rings. The molecule has 0 N–H and O–H groups in total. The summed E-state index contributed by atoms with van der Waals surface area (Å²) in [5.74, 6) is 0.884. The molecule has 0 aromatic carbocycles. The van der Waals surface area contributed by atoms with Gasteiger partial charge in [0.05, 0.1) is 12.5 Å². The van der Waals surface area contributed by atoms with Crippen LogP contribution in [0.5, 0.6) is 0 Å². The van der Waals surface area contributed by atoms with E-state index in [1.54, 1.807) is 0 Å². The molecule has 2 unspecified atom stereocenters. The summed E-state index contributed by atoms with van der Waals surface area (Å²) in [4.78, 5) is 12.2. The van der Waals surface area contributed by atoms with Gasteiger partial charge in [0.1, 0.15) is 0 Å². The van der Waals surface area contributed by atoms with E-state index in [0.717, 1.165) is 25.2 Å². The van der Waals surface area contributed by atoms with E-state index in [2.05, 4.69) is 20.8 Å². The highest BCUT2D eigenvalue weighted by Gasteiger charge is 2.14. The highest BCUT2D eigenvalue weighted by atomic mass is 16.5. The Morgan fingerprint density at radius 1 is 0.531 bits per heavy atom. The molecule has 192 valence electrons. The van der Waals surface area contributed by atoms with E-state index in [9.17, 15) is 4.79 Å². The minimum atomic E-state index is 0.0234. The highest BCUT2D eigenvalue weighted by molar-refractivity contribution is 5.71. The molecule has 0 amide bonds. The van der Waals surface area contributed by atoms with Crippen LogP contribution in [-0.2, 0) is 9.53 Å². The summed E-state index contributed by atoms with van der Waals surface area (Å²) in [5, 5.41) is 0. The fraction of sp³-hybridized carbons (Fsp3) is 0.967. The molecule has 0 aromatic rings. The Hall–Kier alpha value is -0.530. The highest BCUT2D eigenvalue weighted by Crippen LogP contribution is 2.19. The summed E-state index contributed by atoms with van der Waals surface area (Å²) in [5.41, 5.74) is 0. The fourth-order valence-corrected chi connectivity index (χ4v) is 4.57. The maximum atomic E-state index is 12.2. The smallest absolute Gasteiger partial charge is 0.308 e. The molecule has 0 aliphatic carbocycles. The van der Waals surface area contributed by atoms with Gasteiger partial charge in [0, 0.05) is 0 Å². The van der Waals surface area contributed by atoms with Crippen molar-refractivity contribution >= 4 is 5.97 Å². The van der Waals surface area contributed by atoms with Gasteiger partial charge in [0.15, 0.2) is 0 Å². The summed E-state index contributed by atoms with van der Waals surface area (Å²) in [7, 11) is 0. The van der Waals surface area contributed by atoms with Gasteiger partial charge in [-0.25, -0.2) is 0 Å². The van der Waals surface area contributed by atoms with Gasteiger partial charge in [-0.05, 0) is 18.8 Å². The topological polar surface area (TPSA) is 26.3 Å². The Balaban J connectivity index is 3.37. The van der Waals surface area contributed by atoms with Crippen LogP contribution in [0.15, 0.2) is 0 Å². The molecule has 32 heavy (non-hydrogen) atoms. The number of hydrogen-bond donors (Lipinski definition) is 0. The molecule has 0 heterocycles. The third kappa shape index (κ3) is 22.7. The minimum Gasteiger partial charge on any atom is -0.465 e. The summed E-state index contributed by atoms with van der Waals surface area (Å²) in [6.45, 7) is 9.58. The molecule has 0 spiro atoms. The molecule has 2 nitrogen and oxygen atoms in total. The standard InChI is InChI=1S/C30H60O2/c1-5-7-9-11-12-13-14-15-16-17-18-19-20-22-27-32-30(31)29(4)26-23-25-28(3)24-21-10-8-6-2/h28-29H,5-27H2,1-4H3. The van der Waals surface area contributed by atoms with Crippen LogP contribution in [0.25, 0.3) is 0 Å². The Morgan fingerprint density at radius 2 is 0.938 bits per heavy atom. The number of hydrogen-bond acceptors (Lipinski definition) is 2. The van der Waals surface area contributed by atoms with Crippen molar-refractivity contribution in [2.24, 2.45) is 11.8 Å². The molecular formula is C30H60O2. The predicted octanol–water partition coefficient (Wildman–Crippen LogP) is 10.4. The Morgan fingerprint density at radius 3 is 1.44 bits per heavy atom. The van der Waals surface area contributed by atoms with Gasteiger partial charge in [-0.1, -0.05) is 156 Å². The molecule has 0 bridgehead atoms. The maximum absolute atomic E-state index is 12.2. The Bertz CT molecular complexity index is 379. The SMILES string of the molecule is CCCCCCCCCCCCCCCCOC(=O)C(C)CCCC(C)CCCCCC. The normalized spacial score (nSPS) is 13.2. The third-order valence-corrected chi connectivity index (χ3v) is 7.03. The second-order valence-corrected chi connectivity index (χ2v) is 10.6. The molecule has 2 heteroatoms. The van der Waals surface area contributed by atoms with Crippen molar-refractivity contribution in [3.8, 4) is 0 Å². The van der Waals surface area contributed by atoms with Crippen LogP contribution in [0.4, 0.5) is 0 Å². The largest absolute Gasteiger partial charge is 0.465 e. The van der Waals surface area contributed by atoms with E-state index >= 15 is 0 Å². The minimum absolute atomic E-state index is 0.0234. The lowest BCUT2D eigenvalue weighted by Crippen LogP contribution is -2.15. The molecule has 0 aliphatic heterocycles. The fourth-order valence-electron chi connectivity index (χ4n) is 4.57. The summed E-state index contributed by atoms with van der Waals surface area (Å²) in [6.07, 6.45) is 29.2. The quantitative estimate of drug-likeness (QED) is 0.102. The zero-order valence-corrected chi connectivity index (χ0v) is 22.7. The van der Waals surface area contributed by atoms with Crippen LogP contribution in [0.2, 0.25) is 0 Å². The molecule has 0 rings (SSSR count). The van der Waals surface area contributed by atoms with Crippen molar-refractivity contribution in [1.82, 2.24) is 0 Å². The Kier molecular flexibility index (Phi) is 24.7. The van der Waals surface area contributed by atoms with Crippen LogP contribution in [-0.4, -0.2) is 12.6 Å². The first kappa shape index (κ1) is 31.5. The maximum Gasteiger partial charge on any atom is 0.308 e. The van der Waals surface area contributed by atoms with Gasteiger partial charge in [-0.15, -0.1) is 0 Å². The lowest BCUT2D eigenvalue weighted by molar-refractivity contribution is -0.148. The number of rotatable bonds is 25. The van der Waals surface area contributed by atoms with Crippen molar-refractivity contribution in [2.45, 2.75) is 169 Å². The van der Waals surface area contributed by atoms with Crippen molar-refractivity contribution in [1.29, 1.82) is 0 Å². The van der Waals surface area contributed by atoms with Crippen LogP contribution in [0.3, 0.4) is 0 Å². The van der Waals surface area contributed by atoms with Gasteiger partial charge in [0.2, 0.25) is 0 Å². The van der Waals surface area contributed by atoms with Gasteiger partial charge in [-0.2, -0.15) is 0 Å². The van der Waals surface area contributed by atoms with E-state index in [0.29, 0.717) is 6.61 Å². The number of carbonyl (C=O) groups is 1. The molecular weight excluding hydrogens is 392 g/mol.